The Morgan fingerprint density at radius 2 is 2.04 bits per heavy atom. The Bertz CT molecular complexity index is 718. The zero-order valence-corrected chi connectivity index (χ0v) is 13.2. The summed E-state index contributed by atoms with van der Waals surface area (Å²) in [7, 11) is 0. The smallest absolute Gasteiger partial charge is 0.405 e. The topological polar surface area (TPSA) is 91.6 Å². The standard InChI is InChI=1S/C17H18N2O5/c1-13-5-4-6-14(11-13)23-10-8-18-16(20)12-24-17(21)15-7-2-3-9-19(15)22/h2-7,9,11H,8,10,12H2,1H3,(H,18,20). The van der Waals surface area contributed by atoms with E-state index in [0.29, 0.717) is 11.3 Å². The molecule has 24 heavy (non-hydrogen) atoms. The molecule has 0 aliphatic heterocycles. The molecule has 126 valence electrons. The van der Waals surface area contributed by atoms with Crippen LogP contribution < -0.4 is 14.8 Å². The molecule has 0 bridgehead atoms. The highest BCUT2D eigenvalue weighted by molar-refractivity contribution is 5.88. The Morgan fingerprint density at radius 3 is 2.79 bits per heavy atom. The fourth-order valence-electron chi connectivity index (χ4n) is 1.91. The summed E-state index contributed by atoms with van der Waals surface area (Å²) in [5.41, 5.74) is 0.910. The number of rotatable bonds is 7. The number of carbonyl (C=O) groups is 2. The number of nitrogens with one attached hydrogen (secondary N) is 1. The number of hydrogen-bond donors (Lipinski definition) is 1. The largest absolute Gasteiger partial charge is 0.618 e. The number of benzene rings is 1. The highest BCUT2D eigenvalue weighted by Crippen LogP contribution is 2.11. The van der Waals surface area contributed by atoms with Crippen molar-refractivity contribution in [2.45, 2.75) is 6.92 Å². The minimum atomic E-state index is -0.850. The summed E-state index contributed by atoms with van der Waals surface area (Å²) in [6.45, 7) is 2.07. The lowest BCUT2D eigenvalue weighted by molar-refractivity contribution is -0.608. The lowest BCUT2D eigenvalue weighted by atomic mass is 10.2. The molecule has 1 N–H and O–H groups in total. The fraction of sp³-hybridized carbons (Fsp3) is 0.235. The third-order valence-corrected chi connectivity index (χ3v) is 3.05. The number of hydrogen-bond acceptors (Lipinski definition) is 5. The van der Waals surface area contributed by atoms with Gasteiger partial charge in [-0.25, -0.2) is 4.79 Å². The van der Waals surface area contributed by atoms with Gasteiger partial charge in [-0.3, -0.25) is 4.79 Å². The van der Waals surface area contributed by atoms with Gasteiger partial charge in [-0.15, -0.1) is 0 Å². The van der Waals surface area contributed by atoms with Crippen molar-refractivity contribution in [1.82, 2.24) is 5.32 Å². The van der Waals surface area contributed by atoms with Gasteiger partial charge in [-0.05, 0) is 30.7 Å². The molecule has 1 heterocycles. The molecular formula is C17H18N2O5. The molecule has 1 aromatic heterocycles. The molecule has 2 rings (SSSR count). The minimum absolute atomic E-state index is 0.173. The van der Waals surface area contributed by atoms with Gasteiger partial charge in [0, 0.05) is 12.1 Å². The van der Waals surface area contributed by atoms with Crippen LogP contribution in [0.4, 0.5) is 0 Å². The predicted molar refractivity (Wildman–Crippen MR) is 85.4 cm³/mol. The predicted octanol–water partition coefficient (Wildman–Crippen LogP) is 0.980. The second kappa shape index (κ2) is 8.52. The number of esters is 1. The van der Waals surface area contributed by atoms with Crippen molar-refractivity contribution in [2.24, 2.45) is 0 Å². The van der Waals surface area contributed by atoms with Gasteiger partial charge in [0.15, 0.2) is 12.8 Å². The summed E-state index contributed by atoms with van der Waals surface area (Å²) in [5, 5.41) is 13.9. The molecule has 0 radical (unpaired) electrons. The van der Waals surface area contributed by atoms with Crippen molar-refractivity contribution >= 4 is 11.9 Å². The van der Waals surface area contributed by atoms with Crippen molar-refractivity contribution < 1.29 is 23.8 Å². The first kappa shape index (κ1) is 17.3. The van der Waals surface area contributed by atoms with Crippen molar-refractivity contribution in [2.75, 3.05) is 19.8 Å². The molecule has 7 heteroatoms. The van der Waals surface area contributed by atoms with Crippen LogP contribution in [-0.2, 0) is 9.53 Å². The Kier molecular flexibility index (Phi) is 6.13. The Labute approximate surface area is 139 Å². The van der Waals surface area contributed by atoms with Crippen molar-refractivity contribution in [1.29, 1.82) is 0 Å². The number of nitrogens with zero attached hydrogens (tertiary/aromatic N) is 1. The Morgan fingerprint density at radius 1 is 1.21 bits per heavy atom. The number of aromatic nitrogens is 1. The normalized spacial score (nSPS) is 10.0. The van der Waals surface area contributed by atoms with E-state index in [0.717, 1.165) is 11.3 Å². The molecule has 0 unspecified atom stereocenters. The van der Waals surface area contributed by atoms with Gasteiger partial charge >= 0.3 is 11.7 Å². The molecule has 0 aliphatic rings. The molecule has 2 aromatic rings. The monoisotopic (exact) mass is 330 g/mol. The van der Waals surface area contributed by atoms with E-state index in [2.05, 4.69) is 5.32 Å². The van der Waals surface area contributed by atoms with Gasteiger partial charge in [-0.1, -0.05) is 12.1 Å². The van der Waals surface area contributed by atoms with E-state index in [1.54, 1.807) is 0 Å². The van der Waals surface area contributed by atoms with Crippen LogP contribution in [0.3, 0.4) is 0 Å². The van der Waals surface area contributed by atoms with E-state index in [-0.39, 0.29) is 12.2 Å². The highest BCUT2D eigenvalue weighted by atomic mass is 16.5. The molecule has 0 aliphatic carbocycles. The molecule has 0 saturated heterocycles. The third kappa shape index (κ3) is 5.28. The molecule has 0 atom stereocenters. The average Bonchev–Trinajstić information content (AvgIpc) is 2.57. The van der Waals surface area contributed by atoms with Crippen LogP contribution in [-0.4, -0.2) is 31.6 Å². The second-order valence-corrected chi connectivity index (χ2v) is 5.00. The second-order valence-electron chi connectivity index (χ2n) is 5.00. The van der Waals surface area contributed by atoms with Crippen LogP contribution in [0.5, 0.6) is 5.75 Å². The highest BCUT2D eigenvalue weighted by Gasteiger charge is 2.17. The summed E-state index contributed by atoms with van der Waals surface area (Å²) in [5.74, 6) is -0.596. The van der Waals surface area contributed by atoms with Crippen LogP contribution in [0.1, 0.15) is 16.1 Å². The van der Waals surface area contributed by atoms with Crippen LogP contribution in [0.15, 0.2) is 48.7 Å². The van der Waals surface area contributed by atoms with Crippen molar-refractivity contribution in [3.63, 3.8) is 0 Å². The zero-order chi connectivity index (χ0) is 17.4. The van der Waals surface area contributed by atoms with Crippen LogP contribution in [0.25, 0.3) is 0 Å². The number of ether oxygens (including phenoxy) is 2. The molecule has 0 saturated carbocycles. The van der Waals surface area contributed by atoms with Gasteiger partial charge in [0.05, 0.1) is 6.54 Å². The van der Waals surface area contributed by atoms with E-state index in [9.17, 15) is 14.8 Å². The lowest BCUT2D eigenvalue weighted by Crippen LogP contribution is -2.36. The van der Waals surface area contributed by atoms with Gasteiger partial charge in [0.2, 0.25) is 0 Å². The van der Waals surface area contributed by atoms with E-state index in [1.807, 2.05) is 31.2 Å². The molecule has 1 amide bonds. The zero-order valence-electron chi connectivity index (χ0n) is 13.2. The maximum absolute atomic E-state index is 11.7. The van der Waals surface area contributed by atoms with Crippen LogP contribution >= 0.6 is 0 Å². The fourth-order valence-corrected chi connectivity index (χ4v) is 1.91. The Balaban J connectivity index is 1.66. The quantitative estimate of drug-likeness (QED) is 0.354. The summed E-state index contributed by atoms with van der Waals surface area (Å²) in [6.07, 6.45) is 1.18. The van der Waals surface area contributed by atoms with Gasteiger partial charge in [0.25, 0.3) is 5.91 Å². The van der Waals surface area contributed by atoms with E-state index in [1.165, 1.54) is 24.4 Å². The lowest BCUT2D eigenvalue weighted by Gasteiger charge is -2.08. The minimum Gasteiger partial charge on any atom is -0.618 e. The first-order chi connectivity index (χ1) is 11.6. The number of carbonyl (C=O) groups excluding carboxylic acids is 2. The molecule has 7 nitrogen and oxygen atoms in total. The van der Waals surface area contributed by atoms with E-state index in [4.69, 9.17) is 9.47 Å². The van der Waals surface area contributed by atoms with Gasteiger partial charge in [0.1, 0.15) is 12.4 Å². The summed E-state index contributed by atoms with van der Waals surface area (Å²) < 4.78 is 10.7. The summed E-state index contributed by atoms with van der Waals surface area (Å²) >= 11 is 0. The Hall–Kier alpha value is -3.09. The summed E-state index contributed by atoms with van der Waals surface area (Å²) in [6, 6.07) is 11.9. The third-order valence-electron chi connectivity index (χ3n) is 3.05. The summed E-state index contributed by atoms with van der Waals surface area (Å²) in [4.78, 5) is 23.3. The first-order valence-corrected chi connectivity index (χ1v) is 7.38. The average molecular weight is 330 g/mol. The number of pyridine rings is 1. The molecule has 1 aromatic carbocycles. The molecule has 0 spiro atoms. The molecular weight excluding hydrogens is 312 g/mol. The first-order valence-electron chi connectivity index (χ1n) is 7.38. The number of aryl methyl sites for hydroxylation is 1. The van der Waals surface area contributed by atoms with Crippen molar-refractivity contribution in [3.05, 3.63) is 65.1 Å². The van der Waals surface area contributed by atoms with Crippen LogP contribution in [0, 0.1) is 12.1 Å². The molecule has 0 fully saturated rings. The van der Waals surface area contributed by atoms with Gasteiger partial charge in [-0.2, -0.15) is 4.73 Å². The van der Waals surface area contributed by atoms with Gasteiger partial charge < -0.3 is 20.0 Å². The van der Waals surface area contributed by atoms with Crippen molar-refractivity contribution in [3.8, 4) is 5.75 Å². The maximum atomic E-state index is 11.7. The maximum Gasteiger partial charge on any atom is 0.405 e. The SMILES string of the molecule is Cc1cccc(OCCNC(=O)COC(=O)c2cccc[n+]2[O-])c1. The van der Waals surface area contributed by atoms with Crippen LogP contribution in [0.2, 0.25) is 0 Å². The number of amides is 1. The van der Waals surface area contributed by atoms with E-state index < -0.39 is 18.5 Å². The van der Waals surface area contributed by atoms with E-state index >= 15 is 0 Å².